The molecule has 2 N–H and O–H groups in total. The Labute approximate surface area is 128 Å². The Bertz CT molecular complexity index is 528. The number of aliphatic hydroxyl groups is 1. The lowest BCUT2D eigenvalue weighted by Gasteiger charge is -2.09. The highest BCUT2D eigenvalue weighted by molar-refractivity contribution is 7.99. The van der Waals surface area contributed by atoms with E-state index in [1.165, 1.54) is 11.2 Å². The number of nitrogens with one attached hydrogen (secondary N) is 1. The number of carbonyl (C=O) groups excluding carboxylic acids is 1. The van der Waals surface area contributed by atoms with E-state index in [4.69, 9.17) is 4.42 Å². The van der Waals surface area contributed by atoms with E-state index in [0.29, 0.717) is 25.1 Å². The van der Waals surface area contributed by atoms with Crippen LogP contribution in [0.25, 0.3) is 0 Å². The number of hydrogen-bond donors (Lipinski definition) is 2. The van der Waals surface area contributed by atoms with Crippen LogP contribution < -0.4 is 5.32 Å². The molecule has 0 aliphatic heterocycles. The largest absolute Gasteiger partial charge is 0.467 e. The van der Waals surface area contributed by atoms with E-state index in [1.807, 2.05) is 30.3 Å². The van der Waals surface area contributed by atoms with E-state index in [-0.39, 0.29) is 5.91 Å². The quantitative estimate of drug-likeness (QED) is 0.736. The lowest BCUT2D eigenvalue weighted by Crippen LogP contribution is -2.25. The van der Waals surface area contributed by atoms with Gasteiger partial charge in [0, 0.05) is 23.6 Å². The zero-order valence-corrected chi connectivity index (χ0v) is 12.5. The van der Waals surface area contributed by atoms with Crippen molar-refractivity contribution in [3.8, 4) is 0 Å². The first-order valence-electron chi connectivity index (χ1n) is 6.92. The van der Waals surface area contributed by atoms with Gasteiger partial charge in [-0.3, -0.25) is 4.79 Å². The molecule has 2 rings (SSSR count). The first-order chi connectivity index (χ1) is 10.3. The molecule has 0 saturated heterocycles. The summed E-state index contributed by atoms with van der Waals surface area (Å²) >= 11 is 1.66. The van der Waals surface area contributed by atoms with E-state index < -0.39 is 6.10 Å². The SMILES string of the molecule is O=C(CCSc1ccccc1)NCC[C@H](O)c1ccco1. The van der Waals surface area contributed by atoms with Crippen molar-refractivity contribution in [3.05, 3.63) is 54.5 Å². The molecule has 0 bridgehead atoms. The lowest BCUT2D eigenvalue weighted by atomic mass is 10.2. The predicted molar refractivity (Wildman–Crippen MR) is 83.1 cm³/mol. The molecule has 4 nitrogen and oxygen atoms in total. The van der Waals surface area contributed by atoms with Gasteiger partial charge in [0.1, 0.15) is 11.9 Å². The highest BCUT2D eigenvalue weighted by Crippen LogP contribution is 2.18. The molecule has 0 aliphatic rings. The van der Waals surface area contributed by atoms with Crippen molar-refractivity contribution < 1.29 is 14.3 Å². The van der Waals surface area contributed by atoms with Gasteiger partial charge in [0.25, 0.3) is 0 Å². The molecule has 1 atom stereocenters. The summed E-state index contributed by atoms with van der Waals surface area (Å²) in [4.78, 5) is 12.8. The lowest BCUT2D eigenvalue weighted by molar-refractivity contribution is -0.120. The molecule has 1 aromatic heterocycles. The third-order valence-electron chi connectivity index (χ3n) is 2.95. The predicted octanol–water partition coefficient (Wildman–Crippen LogP) is 3.00. The van der Waals surface area contributed by atoms with E-state index in [9.17, 15) is 9.90 Å². The van der Waals surface area contributed by atoms with Crippen molar-refractivity contribution in [1.82, 2.24) is 5.32 Å². The summed E-state index contributed by atoms with van der Waals surface area (Å²) in [5.41, 5.74) is 0. The minimum Gasteiger partial charge on any atom is -0.467 e. The highest BCUT2D eigenvalue weighted by Gasteiger charge is 2.10. The molecule has 21 heavy (non-hydrogen) atoms. The average Bonchev–Trinajstić information content (AvgIpc) is 3.02. The summed E-state index contributed by atoms with van der Waals surface area (Å²) < 4.78 is 5.10. The fourth-order valence-corrected chi connectivity index (χ4v) is 2.71. The number of furan rings is 1. The summed E-state index contributed by atoms with van der Waals surface area (Å²) in [6.45, 7) is 0.441. The summed E-state index contributed by atoms with van der Waals surface area (Å²) in [6, 6.07) is 13.5. The van der Waals surface area contributed by atoms with Crippen molar-refractivity contribution in [2.24, 2.45) is 0 Å². The zero-order chi connectivity index (χ0) is 14.9. The van der Waals surface area contributed by atoms with Gasteiger partial charge in [0.05, 0.1) is 6.26 Å². The second-order valence-electron chi connectivity index (χ2n) is 4.58. The van der Waals surface area contributed by atoms with Crippen LogP contribution in [0.4, 0.5) is 0 Å². The van der Waals surface area contributed by atoms with Crippen LogP contribution in [-0.2, 0) is 4.79 Å². The molecular weight excluding hydrogens is 286 g/mol. The highest BCUT2D eigenvalue weighted by atomic mass is 32.2. The van der Waals surface area contributed by atoms with Crippen molar-refractivity contribution in [3.63, 3.8) is 0 Å². The Morgan fingerprint density at radius 2 is 2.05 bits per heavy atom. The smallest absolute Gasteiger partial charge is 0.220 e. The molecule has 0 saturated carbocycles. The second-order valence-corrected chi connectivity index (χ2v) is 5.75. The summed E-state index contributed by atoms with van der Waals surface area (Å²) in [5, 5.41) is 12.6. The minimum atomic E-state index is -0.668. The Morgan fingerprint density at radius 1 is 1.24 bits per heavy atom. The van der Waals surface area contributed by atoms with E-state index in [2.05, 4.69) is 5.32 Å². The van der Waals surface area contributed by atoms with Gasteiger partial charge in [-0.25, -0.2) is 0 Å². The molecule has 1 aromatic carbocycles. The number of hydrogen-bond acceptors (Lipinski definition) is 4. The normalized spacial score (nSPS) is 12.0. The third kappa shape index (κ3) is 5.65. The van der Waals surface area contributed by atoms with Gasteiger partial charge >= 0.3 is 0 Å². The molecule has 0 unspecified atom stereocenters. The maximum absolute atomic E-state index is 11.7. The second kappa shape index (κ2) is 8.54. The number of rotatable bonds is 8. The molecular formula is C16H19NO3S. The molecule has 5 heteroatoms. The summed E-state index contributed by atoms with van der Waals surface area (Å²) in [5.74, 6) is 1.28. The van der Waals surface area contributed by atoms with Gasteiger partial charge in [-0.1, -0.05) is 18.2 Å². The van der Waals surface area contributed by atoms with Gasteiger partial charge in [0.15, 0.2) is 0 Å². The van der Waals surface area contributed by atoms with Crippen LogP contribution in [0.15, 0.2) is 58.0 Å². The van der Waals surface area contributed by atoms with Gasteiger partial charge in [-0.15, -0.1) is 11.8 Å². The summed E-state index contributed by atoms with van der Waals surface area (Å²) in [6.07, 6.45) is 1.78. The van der Waals surface area contributed by atoms with Gasteiger partial charge < -0.3 is 14.8 Å². The first-order valence-corrected chi connectivity index (χ1v) is 7.90. The topological polar surface area (TPSA) is 62.5 Å². The molecule has 0 fully saturated rings. The minimum absolute atomic E-state index is 0.00470. The van der Waals surface area contributed by atoms with E-state index in [0.717, 1.165) is 5.75 Å². The molecule has 1 amide bonds. The molecule has 0 spiro atoms. The molecule has 2 aromatic rings. The van der Waals surface area contributed by atoms with E-state index >= 15 is 0 Å². The van der Waals surface area contributed by atoms with Gasteiger partial charge in [-0.05, 0) is 30.7 Å². The average molecular weight is 305 g/mol. The summed E-state index contributed by atoms with van der Waals surface area (Å²) in [7, 11) is 0. The number of carbonyl (C=O) groups is 1. The number of benzene rings is 1. The standard InChI is InChI=1S/C16H19NO3S/c18-14(15-7-4-11-20-15)8-10-17-16(19)9-12-21-13-5-2-1-3-6-13/h1-7,11,14,18H,8-10,12H2,(H,17,19)/t14-/m0/s1. The fourth-order valence-electron chi connectivity index (χ4n) is 1.84. The number of aliphatic hydroxyl groups excluding tert-OH is 1. The maximum atomic E-state index is 11.7. The first kappa shape index (κ1) is 15.7. The van der Waals surface area contributed by atoms with Crippen molar-refractivity contribution in [2.75, 3.05) is 12.3 Å². The van der Waals surface area contributed by atoms with Crippen LogP contribution in [0.3, 0.4) is 0 Å². The Balaban J connectivity index is 1.57. The molecule has 0 radical (unpaired) electrons. The number of amides is 1. The van der Waals surface area contributed by atoms with Gasteiger partial charge in [-0.2, -0.15) is 0 Å². The molecule has 112 valence electrons. The molecule has 1 heterocycles. The number of thioether (sulfide) groups is 1. The van der Waals surface area contributed by atoms with Crippen LogP contribution in [0.2, 0.25) is 0 Å². The van der Waals surface area contributed by atoms with E-state index in [1.54, 1.807) is 23.9 Å². The molecule has 0 aliphatic carbocycles. The van der Waals surface area contributed by atoms with Crippen LogP contribution in [0, 0.1) is 0 Å². The fraction of sp³-hybridized carbons (Fsp3) is 0.312. The van der Waals surface area contributed by atoms with Crippen LogP contribution in [0.5, 0.6) is 0 Å². The van der Waals surface area contributed by atoms with Crippen LogP contribution in [0.1, 0.15) is 24.7 Å². The van der Waals surface area contributed by atoms with Gasteiger partial charge in [0.2, 0.25) is 5.91 Å². The zero-order valence-electron chi connectivity index (χ0n) is 11.7. The van der Waals surface area contributed by atoms with Crippen molar-refractivity contribution in [1.29, 1.82) is 0 Å². The Morgan fingerprint density at radius 3 is 2.76 bits per heavy atom. The van der Waals surface area contributed by atoms with Crippen molar-refractivity contribution in [2.45, 2.75) is 23.8 Å². The van der Waals surface area contributed by atoms with Crippen LogP contribution in [-0.4, -0.2) is 23.3 Å². The van der Waals surface area contributed by atoms with Crippen LogP contribution >= 0.6 is 11.8 Å². The monoisotopic (exact) mass is 305 g/mol. The third-order valence-corrected chi connectivity index (χ3v) is 3.97. The Hall–Kier alpha value is -1.72. The maximum Gasteiger partial charge on any atom is 0.220 e. The van der Waals surface area contributed by atoms with Crippen molar-refractivity contribution >= 4 is 17.7 Å². The Kier molecular flexibility index (Phi) is 6.37.